The van der Waals surface area contributed by atoms with Gasteiger partial charge in [0.15, 0.2) is 0 Å². The molecule has 0 atom stereocenters. The van der Waals surface area contributed by atoms with Crippen molar-refractivity contribution in [2.75, 3.05) is 0 Å². The highest BCUT2D eigenvalue weighted by molar-refractivity contribution is 7.89. The third kappa shape index (κ3) is 3.82. The summed E-state index contributed by atoms with van der Waals surface area (Å²) in [6, 6.07) is 3.15. The number of phenolic OH excluding ortho intramolecular Hbond substituents is 1. The summed E-state index contributed by atoms with van der Waals surface area (Å²) in [6.45, 7) is 6.05. The van der Waals surface area contributed by atoms with Crippen LogP contribution < -0.4 is 10.9 Å². The van der Waals surface area contributed by atoms with Gasteiger partial charge in [0.25, 0.3) is 0 Å². The summed E-state index contributed by atoms with van der Waals surface area (Å²) >= 11 is 0. The molecule has 110 valence electrons. The highest BCUT2D eigenvalue weighted by Crippen LogP contribution is 2.34. The molecule has 0 bridgehead atoms. The van der Waals surface area contributed by atoms with E-state index in [0.29, 0.717) is 5.56 Å². The molecule has 5 nitrogen and oxygen atoms in total. The smallest absolute Gasteiger partial charge is 0.241 e. The molecule has 0 amide bonds. The van der Waals surface area contributed by atoms with Crippen LogP contribution in [0.25, 0.3) is 0 Å². The van der Waals surface area contributed by atoms with Gasteiger partial charge in [0.2, 0.25) is 10.0 Å². The fourth-order valence-electron chi connectivity index (χ4n) is 1.63. The first-order valence-electron chi connectivity index (χ1n) is 5.72. The van der Waals surface area contributed by atoms with E-state index in [-0.39, 0.29) is 35.0 Å². The topological polar surface area (TPSA) is 106 Å². The van der Waals surface area contributed by atoms with E-state index in [9.17, 15) is 13.5 Å². The Bertz CT molecular complexity index is 556. The lowest BCUT2D eigenvalue weighted by molar-refractivity contribution is 0.447. The Morgan fingerprint density at radius 1 is 1.32 bits per heavy atom. The Morgan fingerprint density at radius 2 is 1.84 bits per heavy atom. The van der Waals surface area contributed by atoms with Crippen molar-refractivity contribution in [3.8, 4) is 5.75 Å². The number of nitrogens with two attached hydrogens (primary N) is 2. The van der Waals surface area contributed by atoms with E-state index in [2.05, 4.69) is 0 Å². The van der Waals surface area contributed by atoms with Crippen molar-refractivity contribution in [1.82, 2.24) is 0 Å². The second-order valence-corrected chi connectivity index (χ2v) is 6.50. The predicted molar refractivity (Wildman–Crippen MR) is 77.9 cm³/mol. The van der Waals surface area contributed by atoms with Gasteiger partial charge >= 0.3 is 0 Å². The Hall–Kier alpha value is -0.820. The molecule has 0 saturated carbocycles. The van der Waals surface area contributed by atoms with Crippen molar-refractivity contribution >= 4 is 22.4 Å². The van der Waals surface area contributed by atoms with E-state index in [0.717, 1.165) is 12.0 Å². The molecule has 1 rings (SSSR count). The van der Waals surface area contributed by atoms with Gasteiger partial charge in [-0.3, -0.25) is 0 Å². The predicted octanol–water partition coefficient (Wildman–Crippen LogP) is 1.61. The summed E-state index contributed by atoms with van der Waals surface area (Å²) in [4.78, 5) is -0.262. The first-order valence-corrected chi connectivity index (χ1v) is 7.27. The van der Waals surface area contributed by atoms with Crippen molar-refractivity contribution in [3.05, 3.63) is 23.3 Å². The molecule has 7 heteroatoms. The minimum absolute atomic E-state index is 0. The van der Waals surface area contributed by atoms with Crippen LogP contribution in [0.1, 0.15) is 38.3 Å². The highest BCUT2D eigenvalue weighted by atomic mass is 35.5. The second kappa shape index (κ2) is 6.09. The van der Waals surface area contributed by atoms with Gasteiger partial charge in [-0.15, -0.1) is 12.4 Å². The summed E-state index contributed by atoms with van der Waals surface area (Å²) in [5.41, 5.74) is 6.50. The summed E-state index contributed by atoms with van der Waals surface area (Å²) < 4.78 is 22.9. The van der Waals surface area contributed by atoms with Crippen LogP contribution in [0.2, 0.25) is 0 Å². The molecule has 1 aromatic rings. The number of primary sulfonamides is 1. The second-order valence-electron chi connectivity index (χ2n) is 4.97. The van der Waals surface area contributed by atoms with Crippen LogP contribution in [-0.4, -0.2) is 13.5 Å². The van der Waals surface area contributed by atoms with Crippen molar-refractivity contribution in [2.45, 2.75) is 44.0 Å². The van der Waals surface area contributed by atoms with Crippen molar-refractivity contribution in [2.24, 2.45) is 10.9 Å². The molecule has 19 heavy (non-hydrogen) atoms. The number of hydrogen-bond donors (Lipinski definition) is 3. The molecule has 0 saturated heterocycles. The van der Waals surface area contributed by atoms with Crippen LogP contribution in [0.5, 0.6) is 5.75 Å². The van der Waals surface area contributed by atoms with Gasteiger partial charge < -0.3 is 10.8 Å². The molecule has 0 unspecified atom stereocenters. The van der Waals surface area contributed by atoms with E-state index in [4.69, 9.17) is 10.9 Å². The number of phenols is 1. The molecule has 0 heterocycles. The lowest BCUT2D eigenvalue weighted by atomic mass is 9.81. The van der Waals surface area contributed by atoms with Crippen molar-refractivity contribution in [1.29, 1.82) is 0 Å². The molecule has 0 aliphatic heterocycles. The molecule has 0 radical (unpaired) electrons. The van der Waals surface area contributed by atoms with Crippen LogP contribution in [-0.2, 0) is 22.0 Å². The maximum atomic E-state index is 11.5. The summed E-state index contributed by atoms with van der Waals surface area (Å²) in [6.07, 6.45) is 0.825. The van der Waals surface area contributed by atoms with Gasteiger partial charge in [0, 0.05) is 12.1 Å². The Kier molecular flexibility index (Phi) is 5.83. The molecule has 0 aromatic heterocycles. The van der Waals surface area contributed by atoms with Crippen molar-refractivity contribution in [3.63, 3.8) is 0 Å². The van der Waals surface area contributed by atoms with Crippen LogP contribution in [0.3, 0.4) is 0 Å². The quantitative estimate of drug-likeness (QED) is 0.785. The number of rotatable bonds is 4. The molecule has 1 aromatic carbocycles. The zero-order valence-corrected chi connectivity index (χ0v) is 12.9. The zero-order valence-electron chi connectivity index (χ0n) is 11.3. The largest absolute Gasteiger partial charge is 0.506 e. The average Bonchev–Trinajstić information content (AvgIpc) is 2.27. The number of halogens is 1. The van der Waals surface area contributed by atoms with E-state index >= 15 is 0 Å². The van der Waals surface area contributed by atoms with Crippen LogP contribution in [0.4, 0.5) is 0 Å². The lowest BCUT2D eigenvalue weighted by Crippen LogP contribution is -2.19. The van der Waals surface area contributed by atoms with E-state index < -0.39 is 10.0 Å². The fourth-order valence-corrected chi connectivity index (χ4v) is 2.32. The van der Waals surface area contributed by atoms with Crippen molar-refractivity contribution < 1.29 is 13.5 Å². The first-order chi connectivity index (χ1) is 8.13. The Labute approximate surface area is 120 Å². The van der Waals surface area contributed by atoms with Gasteiger partial charge in [0.1, 0.15) is 10.6 Å². The fraction of sp³-hybridized carbons (Fsp3) is 0.500. The van der Waals surface area contributed by atoms with Crippen LogP contribution in [0.15, 0.2) is 17.0 Å². The van der Waals surface area contributed by atoms with E-state index in [1.165, 1.54) is 6.07 Å². The standard InChI is InChI=1S/C12H20N2O3S.ClH/c1-4-12(2,3)9-5-8(7-13)11(15)10(6-9)18(14,16)17;/h5-6,15H,4,7,13H2,1-3H3,(H2,14,16,17);1H. The van der Waals surface area contributed by atoms with Gasteiger partial charge in [0.05, 0.1) is 0 Å². The third-order valence-electron chi connectivity index (χ3n) is 3.35. The SMILES string of the molecule is CCC(C)(C)c1cc(CN)c(O)c(S(N)(=O)=O)c1.Cl. The average molecular weight is 309 g/mol. The highest BCUT2D eigenvalue weighted by Gasteiger charge is 2.24. The van der Waals surface area contributed by atoms with Crippen LogP contribution in [0, 0.1) is 0 Å². The number of aromatic hydroxyl groups is 1. The first kappa shape index (κ1) is 18.2. The summed E-state index contributed by atoms with van der Waals surface area (Å²) in [5.74, 6) is -0.351. The summed E-state index contributed by atoms with van der Waals surface area (Å²) in [7, 11) is -3.96. The Balaban J connectivity index is 0.00000324. The van der Waals surface area contributed by atoms with E-state index in [1.807, 2.05) is 20.8 Å². The summed E-state index contributed by atoms with van der Waals surface area (Å²) in [5, 5.41) is 15.0. The molecular weight excluding hydrogens is 288 g/mol. The maximum Gasteiger partial charge on any atom is 0.241 e. The molecular formula is C12H21ClN2O3S. The monoisotopic (exact) mass is 308 g/mol. The third-order valence-corrected chi connectivity index (χ3v) is 4.27. The van der Waals surface area contributed by atoms with Gasteiger partial charge in [-0.05, 0) is 23.5 Å². The van der Waals surface area contributed by atoms with Gasteiger partial charge in [-0.25, -0.2) is 13.6 Å². The van der Waals surface area contributed by atoms with Gasteiger partial charge in [-0.2, -0.15) is 0 Å². The van der Waals surface area contributed by atoms with Crippen LogP contribution >= 0.6 is 12.4 Å². The molecule has 0 fully saturated rings. The molecule has 5 N–H and O–H groups in total. The minimum atomic E-state index is -3.96. The van der Waals surface area contributed by atoms with E-state index in [1.54, 1.807) is 6.07 Å². The number of hydrogen-bond acceptors (Lipinski definition) is 4. The molecule has 0 aliphatic carbocycles. The Morgan fingerprint density at radius 3 is 2.21 bits per heavy atom. The molecule has 0 spiro atoms. The normalized spacial score (nSPS) is 12.1. The zero-order chi connectivity index (χ0) is 14.1. The number of sulfonamides is 1. The molecule has 0 aliphatic rings. The van der Waals surface area contributed by atoms with Gasteiger partial charge in [-0.1, -0.05) is 26.8 Å². The number of benzene rings is 1. The lowest BCUT2D eigenvalue weighted by Gasteiger charge is -2.25. The maximum absolute atomic E-state index is 11.5. The minimum Gasteiger partial charge on any atom is -0.506 e.